The van der Waals surface area contributed by atoms with Crippen LogP contribution in [0, 0.1) is 0 Å². The summed E-state index contributed by atoms with van der Waals surface area (Å²) in [6, 6.07) is 13.2. The minimum atomic E-state index is -0.600. The first-order valence-electron chi connectivity index (χ1n) is 6.33. The molecule has 4 nitrogen and oxygen atoms in total. The van der Waals surface area contributed by atoms with Crippen molar-refractivity contribution < 1.29 is 9.21 Å². The molecule has 1 N–H and O–H groups in total. The van der Waals surface area contributed by atoms with Gasteiger partial charge < -0.3 is 9.73 Å². The average Bonchev–Trinajstić information content (AvgIpc) is 2.49. The predicted molar refractivity (Wildman–Crippen MR) is 89.6 cm³/mol. The van der Waals surface area contributed by atoms with E-state index in [4.69, 9.17) is 16.0 Å². The molecule has 0 aliphatic carbocycles. The molecule has 0 spiro atoms. The second-order valence-corrected chi connectivity index (χ2v) is 5.94. The van der Waals surface area contributed by atoms with Crippen molar-refractivity contribution >= 4 is 50.1 Å². The summed E-state index contributed by atoms with van der Waals surface area (Å²) in [6.07, 6.45) is 0. The second-order valence-electron chi connectivity index (χ2n) is 4.59. The minimum absolute atomic E-state index is 0.0885. The van der Waals surface area contributed by atoms with Gasteiger partial charge in [0.05, 0.1) is 0 Å². The average molecular weight is 379 g/mol. The molecule has 2 aromatic carbocycles. The van der Waals surface area contributed by atoms with Gasteiger partial charge in [0.25, 0.3) is 5.91 Å². The molecule has 6 heteroatoms. The first kappa shape index (κ1) is 14.8. The Morgan fingerprint density at radius 3 is 2.55 bits per heavy atom. The Morgan fingerprint density at radius 2 is 1.82 bits per heavy atom. The standard InChI is InChI=1S/C16H9BrClNO3/c17-11-3-6-14-10(7-11)8-13(16(21)22-14)19-15(20)9-1-4-12(18)5-2-9/h1-8H,(H,19,20). The van der Waals surface area contributed by atoms with Gasteiger partial charge in [-0.3, -0.25) is 4.79 Å². The van der Waals surface area contributed by atoms with E-state index in [-0.39, 0.29) is 5.69 Å². The van der Waals surface area contributed by atoms with Crippen molar-refractivity contribution in [2.24, 2.45) is 0 Å². The van der Waals surface area contributed by atoms with E-state index in [2.05, 4.69) is 21.2 Å². The quantitative estimate of drug-likeness (QED) is 0.670. The lowest BCUT2D eigenvalue weighted by Gasteiger charge is -2.05. The summed E-state index contributed by atoms with van der Waals surface area (Å²) < 4.78 is 6.04. The Morgan fingerprint density at radius 1 is 1.09 bits per heavy atom. The molecular formula is C16H9BrClNO3. The zero-order valence-electron chi connectivity index (χ0n) is 11.1. The molecule has 1 heterocycles. The van der Waals surface area contributed by atoms with Crippen LogP contribution in [-0.2, 0) is 0 Å². The summed E-state index contributed by atoms with van der Waals surface area (Å²) >= 11 is 9.13. The maximum atomic E-state index is 12.1. The number of nitrogens with one attached hydrogen (secondary N) is 1. The molecule has 0 saturated heterocycles. The number of carbonyl (C=O) groups excluding carboxylic acids is 1. The number of halogens is 2. The highest BCUT2D eigenvalue weighted by molar-refractivity contribution is 9.10. The van der Waals surface area contributed by atoms with E-state index in [0.29, 0.717) is 21.6 Å². The highest BCUT2D eigenvalue weighted by Gasteiger charge is 2.11. The number of benzene rings is 2. The third-order valence-electron chi connectivity index (χ3n) is 3.05. The maximum Gasteiger partial charge on any atom is 0.360 e. The number of amides is 1. The van der Waals surface area contributed by atoms with Gasteiger partial charge in [-0.15, -0.1) is 0 Å². The molecule has 0 fully saturated rings. The molecule has 1 amide bonds. The van der Waals surface area contributed by atoms with Gasteiger partial charge in [-0.1, -0.05) is 27.5 Å². The van der Waals surface area contributed by atoms with Crippen LogP contribution in [-0.4, -0.2) is 5.91 Å². The molecule has 1 aromatic heterocycles. The van der Waals surface area contributed by atoms with E-state index in [1.807, 2.05) is 0 Å². The van der Waals surface area contributed by atoms with E-state index in [1.165, 1.54) is 0 Å². The number of anilines is 1. The Hall–Kier alpha value is -2.11. The highest BCUT2D eigenvalue weighted by atomic mass is 79.9. The van der Waals surface area contributed by atoms with E-state index in [1.54, 1.807) is 48.5 Å². The van der Waals surface area contributed by atoms with Crippen molar-refractivity contribution in [1.29, 1.82) is 0 Å². The first-order valence-corrected chi connectivity index (χ1v) is 7.50. The van der Waals surface area contributed by atoms with Gasteiger partial charge in [-0.25, -0.2) is 4.79 Å². The van der Waals surface area contributed by atoms with Crippen LogP contribution in [0.1, 0.15) is 10.4 Å². The minimum Gasteiger partial charge on any atom is -0.421 e. The zero-order chi connectivity index (χ0) is 15.7. The van der Waals surface area contributed by atoms with Crippen LogP contribution < -0.4 is 10.9 Å². The van der Waals surface area contributed by atoms with E-state index >= 15 is 0 Å². The third kappa shape index (κ3) is 3.05. The van der Waals surface area contributed by atoms with Crippen LogP contribution in [0.4, 0.5) is 5.69 Å². The molecule has 0 aliphatic heterocycles. The Bertz CT molecular complexity index is 919. The monoisotopic (exact) mass is 377 g/mol. The van der Waals surface area contributed by atoms with Gasteiger partial charge in [0.15, 0.2) is 0 Å². The molecule has 22 heavy (non-hydrogen) atoms. The summed E-state index contributed by atoms with van der Waals surface area (Å²) in [5, 5.41) is 3.80. The van der Waals surface area contributed by atoms with Gasteiger partial charge in [-0.05, 0) is 48.5 Å². The summed E-state index contributed by atoms with van der Waals surface area (Å²) in [5.41, 5.74) is 0.346. The molecule has 0 saturated carbocycles. The van der Waals surface area contributed by atoms with Crippen molar-refractivity contribution in [3.63, 3.8) is 0 Å². The molecule has 0 bridgehead atoms. The number of hydrogen-bond acceptors (Lipinski definition) is 3. The van der Waals surface area contributed by atoms with Gasteiger partial charge in [0.1, 0.15) is 11.3 Å². The molecule has 0 atom stereocenters. The third-order valence-corrected chi connectivity index (χ3v) is 3.79. The molecule has 0 unspecified atom stereocenters. The smallest absolute Gasteiger partial charge is 0.360 e. The van der Waals surface area contributed by atoms with Crippen LogP contribution in [0.5, 0.6) is 0 Å². The van der Waals surface area contributed by atoms with Gasteiger partial charge in [-0.2, -0.15) is 0 Å². The summed E-state index contributed by atoms with van der Waals surface area (Å²) in [5.74, 6) is -0.404. The van der Waals surface area contributed by atoms with Crippen LogP contribution in [0.3, 0.4) is 0 Å². The molecular weight excluding hydrogens is 370 g/mol. The van der Waals surface area contributed by atoms with Crippen molar-refractivity contribution in [1.82, 2.24) is 0 Å². The highest BCUT2D eigenvalue weighted by Crippen LogP contribution is 2.21. The van der Waals surface area contributed by atoms with Gasteiger partial charge in [0, 0.05) is 20.4 Å². The van der Waals surface area contributed by atoms with Gasteiger partial charge in [0.2, 0.25) is 0 Å². The van der Waals surface area contributed by atoms with Crippen molar-refractivity contribution in [2.45, 2.75) is 0 Å². The second kappa shape index (κ2) is 5.94. The van der Waals surface area contributed by atoms with E-state index in [9.17, 15) is 9.59 Å². The van der Waals surface area contributed by atoms with Gasteiger partial charge >= 0.3 is 5.63 Å². The largest absolute Gasteiger partial charge is 0.421 e. The van der Waals surface area contributed by atoms with Crippen LogP contribution in [0.25, 0.3) is 11.0 Å². The van der Waals surface area contributed by atoms with Crippen LogP contribution >= 0.6 is 27.5 Å². The first-order chi connectivity index (χ1) is 10.5. The lowest BCUT2D eigenvalue weighted by Crippen LogP contribution is -2.17. The van der Waals surface area contributed by atoms with Crippen LogP contribution in [0.2, 0.25) is 5.02 Å². The Kier molecular flexibility index (Phi) is 4.00. The molecule has 0 radical (unpaired) electrons. The lowest BCUT2D eigenvalue weighted by molar-refractivity contribution is 0.102. The van der Waals surface area contributed by atoms with Crippen LogP contribution in [0.15, 0.2) is 62.2 Å². The molecule has 110 valence electrons. The van der Waals surface area contributed by atoms with Crippen molar-refractivity contribution in [3.05, 3.63) is 74.0 Å². The predicted octanol–water partition coefficient (Wildman–Crippen LogP) is 4.46. The fourth-order valence-corrected chi connectivity index (χ4v) is 2.48. The Balaban J connectivity index is 1.96. The number of rotatable bonds is 2. The topological polar surface area (TPSA) is 59.3 Å². The zero-order valence-corrected chi connectivity index (χ0v) is 13.4. The molecule has 3 aromatic rings. The van der Waals surface area contributed by atoms with E-state index < -0.39 is 11.5 Å². The van der Waals surface area contributed by atoms with Crippen molar-refractivity contribution in [2.75, 3.05) is 5.32 Å². The molecule has 0 aliphatic rings. The number of carbonyl (C=O) groups is 1. The lowest BCUT2D eigenvalue weighted by atomic mass is 10.2. The molecule has 3 rings (SSSR count). The van der Waals surface area contributed by atoms with Crippen molar-refractivity contribution in [3.8, 4) is 0 Å². The summed E-state index contributed by atoms with van der Waals surface area (Å²) in [4.78, 5) is 24.1. The summed E-state index contributed by atoms with van der Waals surface area (Å²) in [6.45, 7) is 0. The maximum absolute atomic E-state index is 12.1. The Labute approximate surface area is 138 Å². The fraction of sp³-hybridized carbons (Fsp3) is 0. The normalized spacial score (nSPS) is 10.6. The fourth-order valence-electron chi connectivity index (χ4n) is 1.98. The number of hydrogen-bond donors (Lipinski definition) is 1. The number of fused-ring (bicyclic) bond motifs is 1. The van der Waals surface area contributed by atoms with E-state index in [0.717, 1.165) is 4.47 Å². The summed E-state index contributed by atoms with van der Waals surface area (Å²) in [7, 11) is 0. The SMILES string of the molecule is O=C(Nc1cc2cc(Br)ccc2oc1=O)c1ccc(Cl)cc1.